The number of carbonyl (C=O) groups excluding carboxylic acids is 2. The van der Waals surface area contributed by atoms with Crippen LogP contribution in [-0.4, -0.2) is 82.6 Å². The van der Waals surface area contributed by atoms with Crippen LogP contribution in [0.25, 0.3) is 22.1 Å². The van der Waals surface area contributed by atoms with Crippen molar-refractivity contribution in [2.75, 3.05) is 25.4 Å². The highest BCUT2D eigenvalue weighted by atomic mass is 35.5. The van der Waals surface area contributed by atoms with Crippen molar-refractivity contribution in [1.29, 1.82) is 0 Å². The summed E-state index contributed by atoms with van der Waals surface area (Å²) in [7, 11) is 0. The van der Waals surface area contributed by atoms with E-state index in [1.807, 2.05) is 53.1 Å². The zero-order valence-electron chi connectivity index (χ0n) is 24.3. The highest BCUT2D eigenvalue weighted by Gasteiger charge is 2.32. The number of fused-ring (bicyclic) bond motifs is 3. The Kier molecular flexibility index (Phi) is 8.51. The molecular weight excluding hydrogens is 636 g/mol. The quantitative estimate of drug-likeness (QED) is 0.126. The molecule has 3 heterocycles. The number of thioether (sulfide) groups is 1. The van der Waals surface area contributed by atoms with Crippen molar-refractivity contribution >= 4 is 68.6 Å². The molecule has 0 N–H and O–H groups in total. The maximum absolute atomic E-state index is 13.2. The summed E-state index contributed by atoms with van der Waals surface area (Å²) in [5.41, 5.74) is 1.97. The van der Waals surface area contributed by atoms with Gasteiger partial charge >= 0.3 is 0 Å². The molecule has 3 aromatic carbocycles. The molecule has 16 heteroatoms. The van der Waals surface area contributed by atoms with Gasteiger partial charge in [0.05, 0.1) is 32.7 Å². The molecule has 1 aliphatic rings. The van der Waals surface area contributed by atoms with E-state index in [1.54, 1.807) is 11.8 Å². The Morgan fingerprint density at radius 2 is 1.72 bits per heavy atom. The number of hydrogen-bond donors (Lipinski definition) is 0. The van der Waals surface area contributed by atoms with Crippen molar-refractivity contribution in [2.24, 2.45) is 0 Å². The number of benzene rings is 3. The van der Waals surface area contributed by atoms with Crippen LogP contribution in [0, 0.1) is 20.2 Å². The summed E-state index contributed by atoms with van der Waals surface area (Å²) in [6, 6.07) is 17.8. The molecule has 0 bridgehead atoms. The molecule has 0 spiro atoms. The van der Waals surface area contributed by atoms with Crippen LogP contribution in [0.5, 0.6) is 0 Å². The number of carbonyl (C=O) groups is 2. The van der Waals surface area contributed by atoms with E-state index in [0.717, 1.165) is 46.4 Å². The number of nitrogens with zero attached hydrogens (tertiary/aromatic N) is 8. The van der Waals surface area contributed by atoms with E-state index in [0.29, 0.717) is 27.9 Å². The third kappa shape index (κ3) is 6.19. The van der Waals surface area contributed by atoms with Gasteiger partial charge in [-0.3, -0.25) is 29.8 Å². The van der Waals surface area contributed by atoms with Crippen LogP contribution < -0.4 is 0 Å². The van der Waals surface area contributed by atoms with Crippen molar-refractivity contribution in [3.05, 3.63) is 103 Å². The summed E-state index contributed by atoms with van der Waals surface area (Å²) in [4.78, 5) is 55.3. The van der Waals surface area contributed by atoms with E-state index in [9.17, 15) is 29.8 Å². The molecule has 1 unspecified atom stereocenters. The van der Waals surface area contributed by atoms with Gasteiger partial charge in [0.2, 0.25) is 11.1 Å². The zero-order valence-corrected chi connectivity index (χ0v) is 25.8. The minimum absolute atomic E-state index is 0.0411. The molecule has 2 amide bonds. The number of nitro benzene ring substituents is 2. The zero-order chi connectivity index (χ0) is 32.5. The van der Waals surface area contributed by atoms with Crippen LogP contribution >= 0.6 is 23.4 Å². The van der Waals surface area contributed by atoms with Crippen LogP contribution in [0.4, 0.5) is 11.4 Å². The summed E-state index contributed by atoms with van der Waals surface area (Å²) in [6.07, 6.45) is 0. The smallest absolute Gasteiger partial charge is 0.277 e. The van der Waals surface area contributed by atoms with Crippen molar-refractivity contribution in [3.8, 4) is 0 Å². The number of hydrogen-bond acceptors (Lipinski definition) is 10. The fraction of sp³-hybridized carbons (Fsp3) is 0.233. The Labute approximate surface area is 270 Å². The van der Waals surface area contributed by atoms with Crippen molar-refractivity contribution in [2.45, 2.75) is 24.7 Å². The standard InChI is InChI=1S/C30H25ClN8O6S/c1-18-15-35(9-10-36(18)29(41)20-12-22(38(42)43)14-23(13-20)39(44)45)26(40)17-46-30-32-28-27(33-34-30)24-7-2-3-8-25(24)37(28)16-19-5-4-6-21(31)11-19/h2-8,11-14,18H,9-10,15-17H2,1H3. The molecule has 234 valence electrons. The number of para-hydroxylation sites is 1. The first-order valence-corrected chi connectivity index (χ1v) is 15.5. The van der Waals surface area contributed by atoms with E-state index in [1.165, 1.54) is 4.90 Å². The van der Waals surface area contributed by atoms with Gasteiger partial charge in [-0.05, 0) is 30.7 Å². The highest BCUT2D eigenvalue weighted by molar-refractivity contribution is 7.99. The molecule has 46 heavy (non-hydrogen) atoms. The number of piperazine rings is 1. The molecule has 1 fully saturated rings. The van der Waals surface area contributed by atoms with Crippen molar-refractivity contribution in [3.63, 3.8) is 0 Å². The lowest BCUT2D eigenvalue weighted by Gasteiger charge is -2.39. The minimum atomic E-state index is -0.780. The number of nitro groups is 2. The average Bonchev–Trinajstić information content (AvgIpc) is 3.35. The average molecular weight is 661 g/mol. The summed E-state index contributed by atoms with van der Waals surface area (Å²) in [5.74, 6) is -0.723. The molecule has 5 aromatic rings. The number of halogens is 1. The van der Waals surface area contributed by atoms with Crippen LogP contribution in [0.15, 0.2) is 71.9 Å². The van der Waals surface area contributed by atoms with E-state index in [-0.39, 0.29) is 36.9 Å². The van der Waals surface area contributed by atoms with E-state index < -0.39 is 33.2 Å². The summed E-state index contributed by atoms with van der Waals surface area (Å²) in [6.45, 7) is 2.85. The van der Waals surface area contributed by atoms with Crippen LogP contribution in [-0.2, 0) is 11.3 Å². The van der Waals surface area contributed by atoms with E-state index in [2.05, 4.69) is 10.2 Å². The first-order chi connectivity index (χ1) is 22.1. The third-order valence-corrected chi connectivity index (χ3v) is 8.78. The molecule has 0 saturated carbocycles. The molecule has 0 radical (unpaired) electrons. The monoisotopic (exact) mass is 660 g/mol. The second kappa shape index (κ2) is 12.7. The van der Waals surface area contributed by atoms with Gasteiger partial charge in [0.25, 0.3) is 17.3 Å². The van der Waals surface area contributed by atoms with Crippen LogP contribution in [0.1, 0.15) is 22.8 Å². The molecule has 1 saturated heterocycles. The van der Waals surface area contributed by atoms with Crippen LogP contribution in [0.3, 0.4) is 0 Å². The Balaban J connectivity index is 1.15. The summed E-state index contributed by atoms with van der Waals surface area (Å²) < 4.78 is 2.05. The number of non-ortho nitro benzene ring substituents is 2. The molecule has 14 nitrogen and oxygen atoms in total. The predicted molar refractivity (Wildman–Crippen MR) is 171 cm³/mol. The normalized spacial score (nSPS) is 15.0. The first-order valence-electron chi connectivity index (χ1n) is 14.1. The number of amides is 2. The largest absolute Gasteiger partial charge is 0.338 e. The lowest BCUT2D eigenvalue weighted by Crippen LogP contribution is -2.55. The van der Waals surface area contributed by atoms with Crippen LogP contribution in [0.2, 0.25) is 5.02 Å². The molecule has 1 aliphatic heterocycles. The minimum Gasteiger partial charge on any atom is -0.338 e. The third-order valence-electron chi connectivity index (χ3n) is 7.72. The highest BCUT2D eigenvalue weighted by Crippen LogP contribution is 2.29. The Morgan fingerprint density at radius 3 is 2.41 bits per heavy atom. The van der Waals surface area contributed by atoms with Gasteiger partial charge in [0.15, 0.2) is 5.65 Å². The van der Waals surface area contributed by atoms with Gasteiger partial charge in [0, 0.05) is 54.8 Å². The molecule has 6 rings (SSSR count). The number of rotatable bonds is 8. The second-order valence-electron chi connectivity index (χ2n) is 10.7. The Bertz CT molecular complexity index is 2010. The SMILES string of the molecule is CC1CN(C(=O)CSc2nnc3c4ccccc4n(Cc4cccc(Cl)c4)c3n2)CCN1C(=O)c1cc([N+](=O)[O-])cc([N+](=O)[O-])c1. The van der Waals surface area contributed by atoms with Gasteiger partial charge in [-0.2, -0.15) is 0 Å². The Hall–Kier alpha value is -5.15. The van der Waals surface area contributed by atoms with Gasteiger partial charge < -0.3 is 14.4 Å². The lowest BCUT2D eigenvalue weighted by molar-refractivity contribution is -0.394. The maximum atomic E-state index is 13.2. The van der Waals surface area contributed by atoms with Gasteiger partial charge in [-0.1, -0.05) is 53.7 Å². The second-order valence-corrected chi connectivity index (χ2v) is 12.1. The van der Waals surface area contributed by atoms with E-state index in [4.69, 9.17) is 16.6 Å². The van der Waals surface area contributed by atoms with Crippen molar-refractivity contribution in [1.82, 2.24) is 29.5 Å². The molecular formula is C30H25ClN8O6S. The fourth-order valence-corrected chi connectivity index (χ4v) is 6.42. The summed E-state index contributed by atoms with van der Waals surface area (Å²) >= 11 is 7.38. The molecule has 1 atom stereocenters. The maximum Gasteiger partial charge on any atom is 0.277 e. The van der Waals surface area contributed by atoms with Crippen molar-refractivity contribution < 1.29 is 19.4 Å². The lowest BCUT2D eigenvalue weighted by atomic mass is 10.1. The fourth-order valence-electron chi connectivity index (χ4n) is 5.53. The number of aromatic nitrogens is 4. The first kappa shape index (κ1) is 30.9. The molecule has 0 aliphatic carbocycles. The topological polar surface area (TPSA) is 170 Å². The van der Waals surface area contributed by atoms with Gasteiger partial charge in [-0.25, -0.2) is 4.98 Å². The predicted octanol–water partition coefficient (Wildman–Crippen LogP) is 4.96. The Morgan fingerprint density at radius 1 is 0.978 bits per heavy atom. The van der Waals surface area contributed by atoms with Gasteiger partial charge in [0.1, 0.15) is 5.52 Å². The van der Waals surface area contributed by atoms with Gasteiger partial charge in [-0.15, -0.1) is 10.2 Å². The molecule has 2 aromatic heterocycles. The summed E-state index contributed by atoms with van der Waals surface area (Å²) in [5, 5.41) is 33.2. The van der Waals surface area contributed by atoms with E-state index >= 15 is 0 Å².